The number of halogens is 1. The molecule has 3 aromatic rings. The number of carbonyl (C=O) groups excluding carboxylic acids is 1. The summed E-state index contributed by atoms with van der Waals surface area (Å²) in [6.45, 7) is 1.28. The second-order valence-corrected chi connectivity index (χ2v) is 7.13. The summed E-state index contributed by atoms with van der Waals surface area (Å²) < 4.78 is 5.48. The smallest absolute Gasteiger partial charge is 0.245 e. The van der Waals surface area contributed by atoms with Gasteiger partial charge in [0.05, 0.1) is 0 Å². The molecule has 1 saturated heterocycles. The van der Waals surface area contributed by atoms with E-state index in [9.17, 15) is 4.79 Å². The summed E-state index contributed by atoms with van der Waals surface area (Å²) in [5, 5.41) is 3.45. The van der Waals surface area contributed by atoms with Gasteiger partial charge in [0.2, 0.25) is 17.6 Å². The molecule has 1 aliphatic rings. The molecule has 0 unspecified atom stereocenters. The van der Waals surface area contributed by atoms with Gasteiger partial charge in [-0.15, -0.1) is 11.6 Å². The maximum Gasteiger partial charge on any atom is 0.245 e. The molecule has 0 aliphatic carbocycles. The van der Waals surface area contributed by atoms with E-state index in [1.54, 1.807) is 0 Å². The van der Waals surface area contributed by atoms with Crippen molar-refractivity contribution in [2.24, 2.45) is 0 Å². The Bertz CT molecular complexity index is 890. The van der Waals surface area contributed by atoms with Crippen LogP contribution < -0.4 is 0 Å². The highest BCUT2D eigenvalue weighted by Gasteiger charge is 2.30. The Labute approximate surface area is 163 Å². The van der Waals surface area contributed by atoms with E-state index in [0.29, 0.717) is 24.8 Å². The predicted octanol–water partition coefficient (Wildman–Crippen LogP) is 4.42. The van der Waals surface area contributed by atoms with E-state index < -0.39 is 5.38 Å². The third-order valence-corrected chi connectivity index (χ3v) is 5.38. The molecule has 1 fully saturated rings. The number of rotatable bonds is 4. The van der Waals surface area contributed by atoms with Crippen LogP contribution in [0.5, 0.6) is 0 Å². The van der Waals surface area contributed by atoms with Crippen LogP contribution in [-0.2, 0) is 4.79 Å². The molecule has 27 heavy (non-hydrogen) atoms. The van der Waals surface area contributed by atoms with E-state index in [2.05, 4.69) is 10.1 Å². The van der Waals surface area contributed by atoms with Crippen LogP contribution in [0.4, 0.5) is 0 Å². The van der Waals surface area contributed by atoms with Crippen LogP contribution in [0.3, 0.4) is 0 Å². The topological polar surface area (TPSA) is 59.2 Å². The van der Waals surface area contributed by atoms with Crippen LogP contribution in [0.2, 0.25) is 0 Å². The van der Waals surface area contributed by atoms with Gasteiger partial charge in [-0.05, 0) is 18.4 Å². The number of hydrogen-bond acceptors (Lipinski definition) is 4. The molecular weight excluding hydrogens is 362 g/mol. The lowest BCUT2D eigenvalue weighted by atomic mass is 9.96. The lowest BCUT2D eigenvalue weighted by Gasteiger charge is -2.31. The Morgan fingerprint density at radius 2 is 1.67 bits per heavy atom. The van der Waals surface area contributed by atoms with Gasteiger partial charge in [0.15, 0.2) is 0 Å². The van der Waals surface area contributed by atoms with Crippen molar-refractivity contribution in [3.63, 3.8) is 0 Å². The number of alkyl halides is 1. The molecule has 0 saturated carbocycles. The number of amides is 1. The Kier molecular flexibility index (Phi) is 5.21. The SMILES string of the molecule is O=C([C@H](Cl)c1ccccc1)N1CCC(c2nc(-c3ccccc3)no2)CC1. The van der Waals surface area contributed by atoms with Gasteiger partial charge in [-0.25, -0.2) is 0 Å². The average molecular weight is 382 g/mol. The summed E-state index contributed by atoms with van der Waals surface area (Å²) in [5.74, 6) is 1.38. The van der Waals surface area contributed by atoms with Crippen LogP contribution >= 0.6 is 11.6 Å². The monoisotopic (exact) mass is 381 g/mol. The molecule has 0 spiro atoms. The highest BCUT2D eigenvalue weighted by atomic mass is 35.5. The molecule has 2 heterocycles. The molecule has 138 valence electrons. The normalized spacial score (nSPS) is 16.3. The third kappa shape index (κ3) is 3.88. The molecule has 1 atom stereocenters. The Hall–Kier alpha value is -2.66. The molecule has 1 aliphatic heterocycles. The second-order valence-electron chi connectivity index (χ2n) is 6.70. The molecule has 0 bridgehead atoms. The first kappa shape index (κ1) is 17.7. The zero-order valence-corrected chi connectivity index (χ0v) is 15.5. The summed E-state index contributed by atoms with van der Waals surface area (Å²) in [4.78, 5) is 19.1. The fraction of sp³-hybridized carbons (Fsp3) is 0.286. The zero-order valence-electron chi connectivity index (χ0n) is 14.8. The van der Waals surface area contributed by atoms with Gasteiger partial charge in [0.25, 0.3) is 0 Å². The molecule has 2 aromatic carbocycles. The van der Waals surface area contributed by atoms with Gasteiger partial charge < -0.3 is 9.42 Å². The van der Waals surface area contributed by atoms with Crippen molar-refractivity contribution >= 4 is 17.5 Å². The first-order chi connectivity index (χ1) is 13.2. The summed E-state index contributed by atoms with van der Waals surface area (Å²) in [6.07, 6.45) is 1.58. The molecule has 1 amide bonds. The number of likely N-dealkylation sites (tertiary alicyclic amines) is 1. The summed E-state index contributed by atoms with van der Waals surface area (Å²) >= 11 is 6.38. The number of carbonyl (C=O) groups is 1. The van der Waals surface area contributed by atoms with Gasteiger partial charge >= 0.3 is 0 Å². The number of benzene rings is 2. The number of nitrogens with zero attached hydrogens (tertiary/aromatic N) is 3. The Morgan fingerprint density at radius 3 is 2.33 bits per heavy atom. The van der Waals surface area contributed by atoms with E-state index in [-0.39, 0.29) is 11.8 Å². The van der Waals surface area contributed by atoms with Crippen molar-refractivity contribution in [3.05, 3.63) is 72.1 Å². The maximum absolute atomic E-state index is 12.7. The molecule has 6 heteroatoms. The molecule has 1 aromatic heterocycles. The predicted molar refractivity (Wildman–Crippen MR) is 103 cm³/mol. The standard InChI is InChI=1S/C21H20ClN3O2/c22-18(15-7-3-1-4-8-15)21(26)25-13-11-17(12-14-25)20-23-19(24-27-20)16-9-5-2-6-10-16/h1-10,17-18H,11-14H2/t18-/m1/s1. The van der Waals surface area contributed by atoms with Gasteiger partial charge in [-0.1, -0.05) is 65.8 Å². The molecular formula is C21H20ClN3O2. The van der Waals surface area contributed by atoms with Crippen molar-refractivity contribution in [2.45, 2.75) is 24.1 Å². The molecule has 0 radical (unpaired) electrons. The van der Waals surface area contributed by atoms with Crippen LogP contribution in [0, 0.1) is 0 Å². The fourth-order valence-electron chi connectivity index (χ4n) is 3.38. The van der Waals surface area contributed by atoms with Crippen molar-refractivity contribution in [2.75, 3.05) is 13.1 Å². The first-order valence-electron chi connectivity index (χ1n) is 9.09. The van der Waals surface area contributed by atoms with Crippen molar-refractivity contribution < 1.29 is 9.32 Å². The molecule has 0 N–H and O–H groups in total. The van der Waals surface area contributed by atoms with Crippen LogP contribution in [0.15, 0.2) is 65.2 Å². The minimum atomic E-state index is -0.643. The van der Waals surface area contributed by atoms with Crippen LogP contribution in [0.1, 0.15) is 35.6 Å². The third-order valence-electron chi connectivity index (χ3n) is 4.94. The number of hydrogen-bond donors (Lipinski definition) is 0. The average Bonchev–Trinajstić information content (AvgIpc) is 3.24. The van der Waals surface area contributed by atoms with Gasteiger partial charge in [0.1, 0.15) is 5.38 Å². The van der Waals surface area contributed by atoms with Crippen LogP contribution in [0.25, 0.3) is 11.4 Å². The zero-order chi connectivity index (χ0) is 18.6. The molecule has 5 nitrogen and oxygen atoms in total. The van der Waals surface area contributed by atoms with Crippen LogP contribution in [-0.4, -0.2) is 34.0 Å². The Balaban J connectivity index is 1.38. The van der Waals surface area contributed by atoms with E-state index in [0.717, 1.165) is 24.0 Å². The minimum absolute atomic E-state index is 0.0446. The van der Waals surface area contributed by atoms with E-state index in [4.69, 9.17) is 16.1 Å². The lowest BCUT2D eigenvalue weighted by Crippen LogP contribution is -2.39. The Morgan fingerprint density at radius 1 is 1.04 bits per heavy atom. The lowest BCUT2D eigenvalue weighted by molar-refractivity contribution is -0.132. The number of aromatic nitrogens is 2. The van der Waals surface area contributed by atoms with Gasteiger partial charge in [-0.3, -0.25) is 4.79 Å². The van der Waals surface area contributed by atoms with Gasteiger partial charge in [0, 0.05) is 24.6 Å². The highest BCUT2D eigenvalue weighted by molar-refractivity contribution is 6.30. The quantitative estimate of drug-likeness (QED) is 0.627. The highest BCUT2D eigenvalue weighted by Crippen LogP contribution is 2.31. The van der Waals surface area contributed by atoms with E-state index >= 15 is 0 Å². The molecule has 4 rings (SSSR count). The maximum atomic E-state index is 12.7. The second kappa shape index (κ2) is 7.92. The fourth-order valence-corrected chi connectivity index (χ4v) is 3.66. The summed E-state index contributed by atoms with van der Waals surface area (Å²) in [6, 6.07) is 19.2. The summed E-state index contributed by atoms with van der Waals surface area (Å²) in [7, 11) is 0. The largest absolute Gasteiger partial charge is 0.341 e. The van der Waals surface area contributed by atoms with E-state index in [1.807, 2.05) is 65.6 Å². The minimum Gasteiger partial charge on any atom is -0.341 e. The first-order valence-corrected chi connectivity index (χ1v) is 9.53. The number of piperidine rings is 1. The van der Waals surface area contributed by atoms with Crippen molar-refractivity contribution in [1.82, 2.24) is 15.0 Å². The van der Waals surface area contributed by atoms with E-state index in [1.165, 1.54) is 0 Å². The summed E-state index contributed by atoms with van der Waals surface area (Å²) in [5.41, 5.74) is 1.77. The van der Waals surface area contributed by atoms with Gasteiger partial charge in [-0.2, -0.15) is 4.98 Å². The van der Waals surface area contributed by atoms with Crippen molar-refractivity contribution in [3.8, 4) is 11.4 Å². The van der Waals surface area contributed by atoms with Crippen molar-refractivity contribution in [1.29, 1.82) is 0 Å².